The molecule has 6 nitrogen and oxygen atoms in total. The van der Waals surface area contributed by atoms with E-state index in [9.17, 15) is 9.59 Å². The standard InChI is InChI=1S/C23H28N4O2/c1-26(2)22(29)23(10-5-11-27(15-23)21(28)17-8-9-17)12-18-6-3-4-7-20(18)19-13-24-16-25-14-19/h3-4,6-7,13-14,16-17H,5,8-12,15H2,1-2H3. The van der Waals surface area contributed by atoms with Crippen LogP contribution in [0.3, 0.4) is 0 Å². The van der Waals surface area contributed by atoms with Gasteiger partial charge in [0.15, 0.2) is 0 Å². The van der Waals surface area contributed by atoms with Gasteiger partial charge in [-0.2, -0.15) is 0 Å². The Balaban J connectivity index is 1.69. The van der Waals surface area contributed by atoms with E-state index in [0.717, 1.165) is 48.9 Å². The lowest BCUT2D eigenvalue weighted by atomic mass is 9.73. The number of aromatic nitrogens is 2. The molecule has 0 spiro atoms. The number of piperidine rings is 1. The van der Waals surface area contributed by atoms with Gasteiger partial charge in [-0.05, 0) is 43.2 Å². The Bertz CT molecular complexity index is 895. The molecule has 1 aliphatic heterocycles. The number of hydrogen-bond donors (Lipinski definition) is 0. The highest BCUT2D eigenvalue weighted by Gasteiger charge is 2.46. The van der Waals surface area contributed by atoms with E-state index in [2.05, 4.69) is 22.1 Å². The van der Waals surface area contributed by atoms with E-state index in [1.54, 1.807) is 17.3 Å². The monoisotopic (exact) mass is 392 g/mol. The molecule has 1 aromatic heterocycles. The summed E-state index contributed by atoms with van der Waals surface area (Å²) in [5.74, 6) is 0.504. The highest BCUT2D eigenvalue weighted by molar-refractivity contribution is 5.86. The second-order valence-corrected chi connectivity index (χ2v) is 8.58. The smallest absolute Gasteiger partial charge is 0.230 e. The molecule has 1 atom stereocenters. The van der Waals surface area contributed by atoms with Gasteiger partial charge in [0.25, 0.3) is 0 Å². The highest BCUT2D eigenvalue weighted by atomic mass is 16.2. The molecular weight excluding hydrogens is 364 g/mol. The van der Waals surface area contributed by atoms with Crippen LogP contribution in [0.2, 0.25) is 0 Å². The molecule has 0 radical (unpaired) electrons. The summed E-state index contributed by atoms with van der Waals surface area (Å²) in [4.78, 5) is 38.1. The topological polar surface area (TPSA) is 66.4 Å². The Morgan fingerprint density at radius 2 is 1.90 bits per heavy atom. The molecule has 1 unspecified atom stereocenters. The van der Waals surface area contributed by atoms with Crippen molar-refractivity contribution in [2.75, 3.05) is 27.2 Å². The predicted molar refractivity (Wildman–Crippen MR) is 111 cm³/mol. The largest absolute Gasteiger partial charge is 0.348 e. The Morgan fingerprint density at radius 1 is 1.17 bits per heavy atom. The van der Waals surface area contributed by atoms with Crippen molar-refractivity contribution in [2.24, 2.45) is 11.3 Å². The third-order valence-corrected chi connectivity index (χ3v) is 6.09. The van der Waals surface area contributed by atoms with Crippen LogP contribution in [0.15, 0.2) is 43.0 Å². The van der Waals surface area contributed by atoms with Gasteiger partial charge in [0, 0.05) is 51.1 Å². The molecule has 0 N–H and O–H groups in total. The van der Waals surface area contributed by atoms with Gasteiger partial charge in [0.2, 0.25) is 11.8 Å². The number of amides is 2. The molecule has 2 heterocycles. The molecule has 2 aromatic rings. The van der Waals surface area contributed by atoms with E-state index in [4.69, 9.17) is 0 Å². The maximum Gasteiger partial charge on any atom is 0.230 e. The number of benzene rings is 1. The van der Waals surface area contributed by atoms with Crippen molar-refractivity contribution in [3.63, 3.8) is 0 Å². The number of carbonyl (C=O) groups is 2. The zero-order chi connectivity index (χ0) is 20.4. The molecule has 2 amide bonds. The summed E-state index contributed by atoms with van der Waals surface area (Å²) in [5, 5.41) is 0. The second-order valence-electron chi connectivity index (χ2n) is 8.58. The van der Waals surface area contributed by atoms with Gasteiger partial charge in [0.1, 0.15) is 6.33 Å². The van der Waals surface area contributed by atoms with E-state index in [-0.39, 0.29) is 17.7 Å². The number of likely N-dealkylation sites (tertiary alicyclic amines) is 1. The van der Waals surface area contributed by atoms with Gasteiger partial charge < -0.3 is 9.80 Å². The van der Waals surface area contributed by atoms with Crippen molar-refractivity contribution >= 4 is 11.8 Å². The summed E-state index contributed by atoms with van der Waals surface area (Å²) in [6.45, 7) is 1.25. The zero-order valence-electron chi connectivity index (χ0n) is 17.2. The summed E-state index contributed by atoms with van der Waals surface area (Å²) in [5.41, 5.74) is 2.48. The van der Waals surface area contributed by atoms with Crippen molar-refractivity contribution < 1.29 is 9.59 Å². The normalized spacial score (nSPS) is 21.7. The summed E-state index contributed by atoms with van der Waals surface area (Å²) in [7, 11) is 3.62. The molecule has 1 aliphatic carbocycles. The fourth-order valence-corrected chi connectivity index (χ4v) is 4.54. The molecule has 1 saturated carbocycles. The van der Waals surface area contributed by atoms with E-state index < -0.39 is 5.41 Å². The first-order valence-electron chi connectivity index (χ1n) is 10.3. The van der Waals surface area contributed by atoms with Gasteiger partial charge in [-0.25, -0.2) is 9.97 Å². The molecule has 152 valence electrons. The molecule has 4 rings (SSSR count). The van der Waals surface area contributed by atoms with Crippen LogP contribution in [0.4, 0.5) is 0 Å². The highest BCUT2D eigenvalue weighted by Crippen LogP contribution is 2.40. The summed E-state index contributed by atoms with van der Waals surface area (Å²) in [6, 6.07) is 8.13. The van der Waals surface area contributed by atoms with E-state index in [0.29, 0.717) is 13.0 Å². The molecule has 0 bridgehead atoms. The average molecular weight is 393 g/mol. The fraction of sp³-hybridized carbons (Fsp3) is 0.478. The van der Waals surface area contributed by atoms with Crippen molar-refractivity contribution in [1.29, 1.82) is 0 Å². The maximum absolute atomic E-state index is 13.4. The molecule has 1 saturated heterocycles. The van der Waals surface area contributed by atoms with Crippen molar-refractivity contribution in [1.82, 2.24) is 19.8 Å². The van der Waals surface area contributed by atoms with E-state index in [1.165, 1.54) is 6.33 Å². The van der Waals surface area contributed by atoms with Crippen molar-refractivity contribution in [3.8, 4) is 11.1 Å². The Labute approximate surface area is 172 Å². The lowest BCUT2D eigenvalue weighted by molar-refractivity contribution is -0.147. The van der Waals surface area contributed by atoms with Crippen LogP contribution in [-0.4, -0.2) is 58.8 Å². The number of carbonyl (C=O) groups excluding carboxylic acids is 2. The first kappa shape index (κ1) is 19.6. The molecule has 2 aliphatic rings. The molecular formula is C23H28N4O2. The number of rotatable bonds is 5. The molecule has 29 heavy (non-hydrogen) atoms. The van der Waals surface area contributed by atoms with Gasteiger partial charge in [-0.3, -0.25) is 9.59 Å². The summed E-state index contributed by atoms with van der Waals surface area (Å²) >= 11 is 0. The molecule has 6 heteroatoms. The first-order chi connectivity index (χ1) is 14.0. The SMILES string of the molecule is CN(C)C(=O)C1(Cc2ccccc2-c2cncnc2)CCCN(C(=O)C2CC2)C1. The van der Waals surface area contributed by atoms with Gasteiger partial charge in [-0.1, -0.05) is 24.3 Å². The zero-order valence-corrected chi connectivity index (χ0v) is 17.2. The van der Waals surface area contributed by atoms with Crippen LogP contribution < -0.4 is 0 Å². The second kappa shape index (κ2) is 7.93. The van der Waals surface area contributed by atoms with Crippen LogP contribution in [0.25, 0.3) is 11.1 Å². The lowest BCUT2D eigenvalue weighted by Crippen LogP contribution is -2.54. The lowest BCUT2D eigenvalue weighted by Gasteiger charge is -2.43. The predicted octanol–water partition coefficient (Wildman–Crippen LogP) is 2.79. The van der Waals surface area contributed by atoms with Crippen LogP contribution in [0.1, 0.15) is 31.2 Å². The van der Waals surface area contributed by atoms with Gasteiger partial charge in [0.05, 0.1) is 5.41 Å². The number of nitrogens with zero attached hydrogens (tertiary/aromatic N) is 4. The Hall–Kier alpha value is -2.76. The Morgan fingerprint density at radius 3 is 2.59 bits per heavy atom. The molecule has 1 aromatic carbocycles. The maximum atomic E-state index is 13.4. The van der Waals surface area contributed by atoms with Gasteiger partial charge >= 0.3 is 0 Å². The minimum Gasteiger partial charge on any atom is -0.348 e. The Kier molecular flexibility index (Phi) is 5.35. The van der Waals surface area contributed by atoms with Crippen LogP contribution in [0, 0.1) is 11.3 Å². The minimum atomic E-state index is -0.599. The summed E-state index contributed by atoms with van der Waals surface area (Å²) in [6.07, 6.45) is 9.34. The van der Waals surface area contributed by atoms with Crippen LogP contribution in [-0.2, 0) is 16.0 Å². The van der Waals surface area contributed by atoms with Crippen molar-refractivity contribution in [3.05, 3.63) is 48.5 Å². The van der Waals surface area contributed by atoms with Crippen LogP contribution >= 0.6 is 0 Å². The first-order valence-corrected chi connectivity index (χ1v) is 10.3. The van der Waals surface area contributed by atoms with E-state index in [1.807, 2.05) is 31.1 Å². The van der Waals surface area contributed by atoms with E-state index >= 15 is 0 Å². The average Bonchev–Trinajstić information content (AvgIpc) is 3.59. The van der Waals surface area contributed by atoms with Crippen LogP contribution in [0.5, 0.6) is 0 Å². The number of hydrogen-bond acceptors (Lipinski definition) is 4. The van der Waals surface area contributed by atoms with Crippen molar-refractivity contribution in [2.45, 2.75) is 32.1 Å². The molecule has 2 fully saturated rings. The third kappa shape index (κ3) is 4.02. The van der Waals surface area contributed by atoms with Gasteiger partial charge in [-0.15, -0.1) is 0 Å². The fourth-order valence-electron chi connectivity index (χ4n) is 4.54. The minimum absolute atomic E-state index is 0.102. The summed E-state index contributed by atoms with van der Waals surface area (Å²) < 4.78 is 0. The third-order valence-electron chi connectivity index (χ3n) is 6.09. The quantitative estimate of drug-likeness (QED) is 0.785.